The Labute approximate surface area is 185 Å². The van der Waals surface area contributed by atoms with E-state index in [2.05, 4.69) is 86.5 Å². The summed E-state index contributed by atoms with van der Waals surface area (Å²) < 4.78 is 4.01. The van der Waals surface area contributed by atoms with E-state index in [-0.39, 0.29) is 0 Å². The van der Waals surface area contributed by atoms with Gasteiger partial charge in [0, 0.05) is 25.5 Å². The molecule has 0 aliphatic heterocycles. The zero-order valence-electron chi connectivity index (χ0n) is 15.3. The molecule has 5 heteroatoms. The quantitative estimate of drug-likeness (QED) is 0.258. The molecule has 1 aromatic heterocycles. The molecule has 0 atom stereocenters. The van der Waals surface area contributed by atoms with E-state index in [9.17, 15) is 0 Å². The van der Waals surface area contributed by atoms with Crippen molar-refractivity contribution in [3.63, 3.8) is 0 Å². The van der Waals surface area contributed by atoms with Gasteiger partial charge in [0.25, 0.3) is 0 Å². The summed E-state index contributed by atoms with van der Waals surface area (Å²) >= 11 is 7.01. The molecule has 1 heterocycles. The van der Waals surface area contributed by atoms with Gasteiger partial charge in [-0.3, -0.25) is 0 Å². The second kappa shape index (κ2) is 7.58. The summed E-state index contributed by atoms with van der Waals surface area (Å²) in [6.07, 6.45) is 0. The zero-order valence-corrected chi connectivity index (χ0v) is 18.4. The molecule has 0 aliphatic carbocycles. The van der Waals surface area contributed by atoms with Gasteiger partial charge in [-0.1, -0.05) is 92.5 Å². The monoisotopic (exact) mass is 503 g/mol. The molecular formula is C24H15Br2N3. The molecular weight excluding hydrogens is 490 g/mol. The van der Waals surface area contributed by atoms with Gasteiger partial charge in [-0.15, -0.1) is 5.10 Å². The molecule has 29 heavy (non-hydrogen) atoms. The van der Waals surface area contributed by atoms with Crippen LogP contribution in [0.3, 0.4) is 0 Å². The van der Waals surface area contributed by atoms with E-state index < -0.39 is 0 Å². The van der Waals surface area contributed by atoms with Gasteiger partial charge in [0.05, 0.1) is 5.69 Å². The van der Waals surface area contributed by atoms with E-state index in [1.54, 1.807) is 0 Å². The van der Waals surface area contributed by atoms with Gasteiger partial charge in [0.1, 0.15) is 0 Å². The number of aromatic nitrogens is 3. The molecule has 140 valence electrons. The Morgan fingerprint density at radius 2 is 1.24 bits per heavy atom. The molecule has 0 saturated heterocycles. The summed E-state index contributed by atoms with van der Waals surface area (Å²) in [5.41, 5.74) is 3.00. The molecule has 5 aromatic rings. The van der Waals surface area contributed by atoms with Crippen molar-refractivity contribution in [1.82, 2.24) is 14.8 Å². The van der Waals surface area contributed by atoms with Crippen LogP contribution in [0.15, 0.2) is 99.9 Å². The first-order valence-corrected chi connectivity index (χ1v) is 10.7. The van der Waals surface area contributed by atoms with E-state index in [0.717, 1.165) is 37.0 Å². The molecule has 4 aromatic carbocycles. The van der Waals surface area contributed by atoms with E-state index in [0.29, 0.717) is 5.82 Å². The maximum Gasteiger partial charge on any atom is 0.182 e. The number of rotatable bonds is 3. The molecule has 0 N–H and O–H groups in total. The first-order chi connectivity index (χ1) is 14.2. The van der Waals surface area contributed by atoms with E-state index in [4.69, 9.17) is 10.1 Å². The van der Waals surface area contributed by atoms with Crippen LogP contribution in [0.25, 0.3) is 39.2 Å². The van der Waals surface area contributed by atoms with Gasteiger partial charge >= 0.3 is 0 Å². The van der Waals surface area contributed by atoms with Gasteiger partial charge < -0.3 is 0 Å². The van der Waals surface area contributed by atoms with Crippen LogP contribution in [0.4, 0.5) is 0 Å². The minimum atomic E-state index is 0.698. The predicted molar refractivity (Wildman–Crippen MR) is 125 cm³/mol. The van der Waals surface area contributed by atoms with Gasteiger partial charge in [0.2, 0.25) is 0 Å². The van der Waals surface area contributed by atoms with Crippen LogP contribution >= 0.6 is 31.9 Å². The summed E-state index contributed by atoms with van der Waals surface area (Å²) in [6.45, 7) is 0. The molecule has 0 amide bonds. The third-order valence-corrected chi connectivity index (χ3v) is 5.86. The Balaban J connectivity index is 1.76. The van der Waals surface area contributed by atoms with Crippen LogP contribution in [-0.4, -0.2) is 14.8 Å². The number of fused-ring (bicyclic) bond motifs is 1. The highest BCUT2D eigenvalue weighted by Crippen LogP contribution is 2.30. The van der Waals surface area contributed by atoms with E-state index in [1.807, 2.05) is 41.1 Å². The maximum atomic E-state index is 4.91. The highest BCUT2D eigenvalue weighted by Gasteiger charge is 2.16. The summed E-state index contributed by atoms with van der Waals surface area (Å²) in [5, 5.41) is 7.22. The molecule has 5 rings (SSSR count). The van der Waals surface area contributed by atoms with Gasteiger partial charge in [-0.2, -0.15) is 0 Å². The minimum absolute atomic E-state index is 0.698. The van der Waals surface area contributed by atoms with Crippen LogP contribution in [0.2, 0.25) is 0 Å². The number of hydrogen-bond donors (Lipinski definition) is 0. The fraction of sp³-hybridized carbons (Fsp3) is 0. The number of nitrogens with zero attached hydrogens (tertiary/aromatic N) is 3. The number of benzene rings is 4. The molecule has 0 unspecified atom stereocenters. The third-order valence-electron chi connectivity index (χ3n) is 4.81. The highest BCUT2D eigenvalue weighted by molar-refractivity contribution is 9.10. The van der Waals surface area contributed by atoms with Crippen molar-refractivity contribution in [2.24, 2.45) is 0 Å². The Morgan fingerprint density at radius 1 is 0.621 bits per heavy atom. The first kappa shape index (κ1) is 18.3. The van der Waals surface area contributed by atoms with Crippen molar-refractivity contribution in [1.29, 1.82) is 0 Å². The third kappa shape index (κ3) is 3.52. The van der Waals surface area contributed by atoms with E-state index in [1.165, 1.54) is 5.39 Å². The lowest BCUT2D eigenvalue weighted by molar-refractivity contribution is 0.898. The largest absolute Gasteiger partial charge is 0.212 e. The summed E-state index contributed by atoms with van der Waals surface area (Å²) in [5.74, 6) is 1.51. The van der Waals surface area contributed by atoms with Crippen molar-refractivity contribution in [2.45, 2.75) is 0 Å². The second-order valence-electron chi connectivity index (χ2n) is 6.68. The number of hydrogen-bond acceptors (Lipinski definition) is 2. The predicted octanol–water partition coefficient (Wildman–Crippen LogP) is 7.28. The van der Waals surface area contributed by atoms with Crippen LogP contribution < -0.4 is 0 Å². The molecule has 3 nitrogen and oxygen atoms in total. The van der Waals surface area contributed by atoms with Crippen LogP contribution in [0.5, 0.6) is 0 Å². The Morgan fingerprint density at radius 3 is 1.97 bits per heavy atom. The van der Waals surface area contributed by atoms with Crippen molar-refractivity contribution >= 4 is 42.6 Å². The summed E-state index contributed by atoms with van der Waals surface area (Å²) in [7, 11) is 0. The minimum Gasteiger partial charge on any atom is -0.212 e. The molecule has 0 radical (unpaired) electrons. The second-order valence-corrected chi connectivity index (χ2v) is 8.51. The van der Waals surface area contributed by atoms with Gasteiger partial charge in [-0.25, -0.2) is 9.67 Å². The summed E-state index contributed by atoms with van der Waals surface area (Å²) in [6, 6.07) is 30.8. The Kier molecular flexibility index (Phi) is 4.78. The van der Waals surface area contributed by atoms with Crippen LogP contribution in [0, 0.1) is 0 Å². The fourth-order valence-electron chi connectivity index (χ4n) is 3.38. The Hall–Kier alpha value is -2.76. The lowest BCUT2D eigenvalue weighted by Gasteiger charge is -2.09. The standard InChI is InChI=1S/C24H15Br2N3/c25-19-12-8-17(9-13-19)23-27-24(18-10-14-20(26)15-11-18)29(28-23)22-7-3-5-16-4-1-2-6-21(16)22/h1-15H. The highest BCUT2D eigenvalue weighted by atomic mass is 79.9. The maximum absolute atomic E-state index is 4.91. The SMILES string of the molecule is Brc1ccc(-c2nc(-c3ccc(Br)cc3)n(-c3cccc4ccccc34)n2)cc1. The van der Waals surface area contributed by atoms with Crippen molar-refractivity contribution in [3.05, 3.63) is 99.9 Å². The molecule has 0 fully saturated rings. The van der Waals surface area contributed by atoms with Crippen LogP contribution in [-0.2, 0) is 0 Å². The normalized spacial score (nSPS) is 11.1. The zero-order chi connectivity index (χ0) is 19.8. The molecule has 0 spiro atoms. The van der Waals surface area contributed by atoms with Crippen molar-refractivity contribution in [3.8, 4) is 28.5 Å². The lowest BCUT2D eigenvalue weighted by atomic mass is 10.1. The number of halogens is 2. The van der Waals surface area contributed by atoms with Crippen LogP contribution in [0.1, 0.15) is 0 Å². The fourth-order valence-corrected chi connectivity index (χ4v) is 3.91. The molecule has 0 bridgehead atoms. The smallest absolute Gasteiger partial charge is 0.182 e. The van der Waals surface area contributed by atoms with E-state index >= 15 is 0 Å². The average Bonchev–Trinajstić information content (AvgIpc) is 3.19. The first-order valence-electron chi connectivity index (χ1n) is 9.16. The van der Waals surface area contributed by atoms with Gasteiger partial charge in [0.15, 0.2) is 11.6 Å². The summed E-state index contributed by atoms with van der Waals surface area (Å²) in [4.78, 5) is 4.91. The van der Waals surface area contributed by atoms with Gasteiger partial charge in [-0.05, 0) is 35.7 Å². The molecule has 0 aliphatic rings. The lowest BCUT2D eigenvalue weighted by Crippen LogP contribution is -2.00. The molecule has 0 saturated carbocycles. The average molecular weight is 505 g/mol. The topological polar surface area (TPSA) is 30.7 Å². The van der Waals surface area contributed by atoms with Crippen molar-refractivity contribution in [2.75, 3.05) is 0 Å². The van der Waals surface area contributed by atoms with Crippen molar-refractivity contribution < 1.29 is 0 Å². The Bertz CT molecular complexity index is 1300.